The van der Waals surface area contributed by atoms with Crippen molar-refractivity contribution in [2.75, 3.05) is 32.8 Å². The summed E-state index contributed by atoms with van der Waals surface area (Å²) in [5, 5.41) is 0. The lowest BCUT2D eigenvalue weighted by atomic mass is 10.0. The van der Waals surface area contributed by atoms with Gasteiger partial charge in [-0.15, -0.1) is 0 Å². The topological polar surface area (TPSA) is 81.9 Å². The molecule has 0 aromatic carbocycles. The highest BCUT2D eigenvalue weighted by molar-refractivity contribution is 5.69. The third kappa shape index (κ3) is 41.9. The molecule has 0 aromatic rings. The molecule has 2 N–H and O–H groups in total. The second-order valence-corrected chi connectivity index (χ2v) is 15.9. The first-order valence-corrected chi connectivity index (χ1v) is 23.3. The summed E-state index contributed by atoms with van der Waals surface area (Å²) < 4.78 is 11.5. The highest BCUT2D eigenvalue weighted by Gasteiger charge is 2.14. The summed E-state index contributed by atoms with van der Waals surface area (Å²) >= 11 is 0. The second-order valence-electron chi connectivity index (χ2n) is 15.9. The van der Waals surface area contributed by atoms with E-state index in [1.165, 1.54) is 161 Å². The van der Waals surface area contributed by atoms with Gasteiger partial charge in [0.1, 0.15) is 6.10 Å². The molecule has 53 heavy (non-hydrogen) atoms. The number of rotatable bonds is 43. The summed E-state index contributed by atoms with van der Waals surface area (Å²) in [6.45, 7) is 11.6. The molecule has 0 heterocycles. The zero-order valence-corrected chi connectivity index (χ0v) is 35.5. The van der Waals surface area contributed by atoms with E-state index in [-0.39, 0.29) is 25.5 Å². The maximum absolute atomic E-state index is 12.7. The second kappa shape index (κ2) is 45.3. The number of hydrogen-bond acceptors (Lipinski definition) is 6. The lowest BCUT2D eigenvalue weighted by Crippen LogP contribution is -2.27. The highest BCUT2D eigenvalue weighted by atomic mass is 16.5. The van der Waals surface area contributed by atoms with Crippen molar-refractivity contribution in [3.8, 4) is 0 Å². The molecule has 318 valence electrons. The van der Waals surface area contributed by atoms with Gasteiger partial charge in [0.2, 0.25) is 0 Å². The Labute approximate surface area is 332 Å². The Bertz CT molecular complexity index is 717. The number of carbonyl (C=O) groups is 2. The predicted octanol–water partition coefficient (Wildman–Crippen LogP) is 14.1. The average Bonchev–Trinajstić information content (AvgIpc) is 3.14. The minimum Gasteiger partial charge on any atom is -0.466 e. The first-order chi connectivity index (χ1) is 25.6. The summed E-state index contributed by atoms with van der Waals surface area (Å²) in [4.78, 5) is 27.4. The van der Waals surface area contributed by atoms with Crippen LogP contribution in [0.1, 0.15) is 253 Å². The predicted molar refractivity (Wildman–Crippen MR) is 232 cm³/mol. The molecule has 0 saturated carbocycles. The van der Waals surface area contributed by atoms with Crippen molar-refractivity contribution in [1.82, 2.24) is 4.90 Å². The molecule has 0 spiro atoms. The van der Waals surface area contributed by atoms with Crippen LogP contribution < -0.4 is 5.73 Å². The zero-order chi connectivity index (χ0) is 38.0. The highest BCUT2D eigenvalue weighted by Crippen LogP contribution is 2.18. The van der Waals surface area contributed by atoms with E-state index in [1.54, 1.807) is 0 Å². The van der Waals surface area contributed by atoms with E-state index >= 15 is 0 Å². The summed E-state index contributed by atoms with van der Waals surface area (Å²) in [6, 6.07) is 0. The molecule has 0 aliphatic heterocycles. The maximum atomic E-state index is 12.7. The van der Waals surface area contributed by atoms with E-state index in [2.05, 4.69) is 25.7 Å². The molecule has 6 heteroatoms. The van der Waals surface area contributed by atoms with E-state index in [1.807, 2.05) is 0 Å². The molecule has 0 fully saturated rings. The molecular formula is C47H96N2O4. The normalized spacial score (nSPS) is 11.4. The first-order valence-electron chi connectivity index (χ1n) is 23.3. The minimum absolute atomic E-state index is 0. The Balaban J connectivity index is 0. The van der Waals surface area contributed by atoms with Crippen molar-refractivity contribution in [3.05, 3.63) is 0 Å². The van der Waals surface area contributed by atoms with E-state index in [0.717, 1.165) is 77.5 Å². The molecule has 0 atom stereocenters. The summed E-state index contributed by atoms with van der Waals surface area (Å²) in [7, 11) is 0. The minimum atomic E-state index is -0.0109. The van der Waals surface area contributed by atoms with Crippen molar-refractivity contribution >= 4 is 11.9 Å². The van der Waals surface area contributed by atoms with Crippen molar-refractivity contribution in [2.24, 2.45) is 5.73 Å². The van der Waals surface area contributed by atoms with Crippen LogP contribution in [0.15, 0.2) is 0 Å². The molecule has 0 aliphatic carbocycles. The van der Waals surface area contributed by atoms with Crippen LogP contribution in [-0.2, 0) is 19.1 Å². The molecule has 0 aromatic heterocycles. The van der Waals surface area contributed by atoms with Gasteiger partial charge in [-0.2, -0.15) is 0 Å². The Morgan fingerprint density at radius 1 is 0.453 bits per heavy atom. The molecule has 6 nitrogen and oxygen atoms in total. The molecule has 0 saturated heterocycles. The molecule has 0 rings (SSSR count). The van der Waals surface area contributed by atoms with Gasteiger partial charge in [0.25, 0.3) is 0 Å². The first kappa shape index (κ1) is 54.0. The Morgan fingerprint density at radius 3 is 1.26 bits per heavy atom. The van der Waals surface area contributed by atoms with Crippen LogP contribution in [0.25, 0.3) is 0 Å². The number of ether oxygens (including phenoxy) is 2. The number of esters is 2. The van der Waals surface area contributed by atoms with E-state index < -0.39 is 0 Å². The molecule has 0 radical (unpaired) electrons. The van der Waals surface area contributed by atoms with Crippen molar-refractivity contribution in [1.29, 1.82) is 0 Å². The number of hydrogen-bond donors (Lipinski definition) is 1. The van der Waals surface area contributed by atoms with Gasteiger partial charge in [-0.1, -0.05) is 169 Å². The quantitative estimate of drug-likeness (QED) is 0.0493. The smallest absolute Gasteiger partial charge is 0.306 e. The van der Waals surface area contributed by atoms with E-state index in [0.29, 0.717) is 19.4 Å². The van der Waals surface area contributed by atoms with Gasteiger partial charge in [-0.25, -0.2) is 0 Å². The van der Waals surface area contributed by atoms with Crippen LogP contribution in [0.2, 0.25) is 0 Å². The molecule has 0 aliphatic rings. The van der Waals surface area contributed by atoms with Crippen molar-refractivity contribution in [3.63, 3.8) is 0 Å². The van der Waals surface area contributed by atoms with Gasteiger partial charge in [0, 0.05) is 12.8 Å². The van der Waals surface area contributed by atoms with E-state index in [4.69, 9.17) is 15.2 Å². The monoisotopic (exact) mass is 753 g/mol. The molecule has 0 bridgehead atoms. The summed E-state index contributed by atoms with van der Waals surface area (Å²) in [6.07, 6.45) is 41.3. The largest absolute Gasteiger partial charge is 0.466 e. The maximum Gasteiger partial charge on any atom is 0.306 e. The third-order valence-electron chi connectivity index (χ3n) is 10.7. The van der Waals surface area contributed by atoms with E-state index in [9.17, 15) is 9.59 Å². The zero-order valence-electron chi connectivity index (χ0n) is 35.5. The standard InChI is InChI=1S/C46H92N2O4.CH4/c1-4-7-10-13-16-25-34-43-51-45(49)37-28-21-17-23-31-40-48(42-33-30-39-47)41-32-24-18-22-29-38-46(50)52-44(35-26-19-14-11-8-5-2)36-27-20-15-12-9-6-3;/h44H,4-43,47H2,1-3H3;1H4. The fourth-order valence-electron chi connectivity index (χ4n) is 7.21. The lowest BCUT2D eigenvalue weighted by Gasteiger charge is -2.22. The van der Waals surface area contributed by atoms with Gasteiger partial charge in [-0.05, 0) is 96.8 Å². The van der Waals surface area contributed by atoms with Gasteiger partial charge in [-0.3, -0.25) is 9.59 Å². The van der Waals surface area contributed by atoms with Crippen molar-refractivity contribution in [2.45, 2.75) is 259 Å². The summed E-state index contributed by atoms with van der Waals surface area (Å²) in [5.41, 5.74) is 5.78. The van der Waals surface area contributed by atoms with Crippen LogP contribution in [0, 0.1) is 0 Å². The van der Waals surface area contributed by atoms with Crippen molar-refractivity contribution < 1.29 is 19.1 Å². The van der Waals surface area contributed by atoms with Crippen LogP contribution in [0.4, 0.5) is 0 Å². The van der Waals surface area contributed by atoms with Crippen LogP contribution in [-0.4, -0.2) is 55.7 Å². The van der Waals surface area contributed by atoms with Gasteiger partial charge in [0.05, 0.1) is 6.61 Å². The number of nitrogens with two attached hydrogens (primary N) is 1. The molecule has 0 unspecified atom stereocenters. The Hall–Kier alpha value is -1.14. The number of carbonyl (C=O) groups excluding carboxylic acids is 2. The number of unbranched alkanes of at least 4 members (excludes halogenated alkanes) is 25. The van der Waals surface area contributed by atoms with Gasteiger partial charge < -0.3 is 20.1 Å². The van der Waals surface area contributed by atoms with Crippen LogP contribution in [0.5, 0.6) is 0 Å². The SMILES string of the molecule is C.CCCCCCCCCOC(=O)CCCCCCCN(CCCCN)CCCCCCCC(=O)OC(CCCCCCCC)CCCCCCCC. The van der Waals surface area contributed by atoms with Gasteiger partial charge in [0.15, 0.2) is 0 Å². The Kier molecular flexibility index (Phi) is 46.1. The molecular weight excluding hydrogens is 657 g/mol. The van der Waals surface area contributed by atoms with Gasteiger partial charge >= 0.3 is 11.9 Å². The lowest BCUT2D eigenvalue weighted by molar-refractivity contribution is -0.150. The fraction of sp³-hybridized carbons (Fsp3) is 0.957. The summed E-state index contributed by atoms with van der Waals surface area (Å²) in [5.74, 6) is 0.0232. The van der Waals surface area contributed by atoms with Crippen LogP contribution in [0.3, 0.4) is 0 Å². The van der Waals surface area contributed by atoms with Crippen LogP contribution >= 0.6 is 0 Å². The Morgan fingerprint density at radius 2 is 0.811 bits per heavy atom. The molecule has 0 amide bonds. The fourth-order valence-corrected chi connectivity index (χ4v) is 7.21. The average molecular weight is 753 g/mol. The number of nitrogens with zero attached hydrogens (tertiary/aromatic N) is 1. The third-order valence-corrected chi connectivity index (χ3v) is 10.7.